The van der Waals surface area contributed by atoms with E-state index in [-0.39, 0.29) is 17.8 Å². The zero-order valence-corrected chi connectivity index (χ0v) is 10.9. The van der Waals surface area contributed by atoms with Crippen molar-refractivity contribution in [1.82, 2.24) is 9.97 Å². The van der Waals surface area contributed by atoms with Crippen LogP contribution in [0.4, 0.5) is 0 Å². The second kappa shape index (κ2) is 5.21. The molecule has 1 N–H and O–H groups in total. The van der Waals surface area contributed by atoms with Crippen LogP contribution in [0, 0.1) is 11.8 Å². The van der Waals surface area contributed by atoms with E-state index in [1.165, 1.54) is 7.11 Å². The fraction of sp³-hybridized carbons (Fsp3) is 0.429. The van der Waals surface area contributed by atoms with Crippen LogP contribution in [0.15, 0.2) is 24.5 Å². The van der Waals surface area contributed by atoms with Gasteiger partial charge in [-0.05, 0) is 30.0 Å². The van der Waals surface area contributed by atoms with Crippen LogP contribution in [0.2, 0.25) is 0 Å². The number of methoxy groups -OCH3 is 1. The van der Waals surface area contributed by atoms with Gasteiger partial charge in [-0.25, -0.2) is 4.98 Å². The molecule has 0 aliphatic heterocycles. The molecule has 0 saturated heterocycles. The monoisotopic (exact) mass is 246 g/mol. The summed E-state index contributed by atoms with van der Waals surface area (Å²) in [6, 6.07) is 6.03. The van der Waals surface area contributed by atoms with Gasteiger partial charge in [0.15, 0.2) is 0 Å². The number of nitrogens with one attached hydrogen (secondary N) is 1. The predicted octanol–water partition coefficient (Wildman–Crippen LogP) is 2.55. The zero-order valence-electron chi connectivity index (χ0n) is 10.9. The van der Waals surface area contributed by atoms with E-state index in [0.29, 0.717) is 6.42 Å². The van der Waals surface area contributed by atoms with Gasteiger partial charge in [0.2, 0.25) is 0 Å². The highest BCUT2D eigenvalue weighted by molar-refractivity contribution is 5.76. The predicted molar refractivity (Wildman–Crippen MR) is 70.1 cm³/mol. The maximum absolute atomic E-state index is 11.7. The number of benzene rings is 1. The molecule has 0 spiro atoms. The van der Waals surface area contributed by atoms with Crippen molar-refractivity contribution in [2.75, 3.05) is 7.11 Å². The fourth-order valence-electron chi connectivity index (χ4n) is 2.11. The molecule has 1 atom stereocenters. The number of aromatic nitrogens is 2. The highest BCUT2D eigenvalue weighted by Crippen LogP contribution is 2.21. The minimum atomic E-state index is -0.144. The van der Waals surface area contributed by atoms with Crippen LogP contribution in [0.1, 0.15) is 19.4 Å². The Bertz CT molecular complexity index is 545. The molecule has 0 aliphatic carbocycles. The minimum Gasteiger partial charge on any atom is -0.469 e. The Morgan fingerprint density at radius 2 is 2.22 bits per heavy atom. The van der Waals surface area contributed by atoms with Crippen molar-refractivity contribution >= 4 is 17.0 Å². The Balaban J connectivity index is 2.22. The lowest BCUT2D eigenvalue weighted by atomic mass is 9.89. The summed E-state index contributed by atoms with van der Waals surface area (Å²) >= 11 is 0. The van der Waals surface area contributed by atoms with Gasteiger partial charge in [-0.1, -0.05) is 19.9 Å². The van der Waals surface area contributed by atoms with Crippen molar-refractivity contribution in [3.05, 3.63) is 30.1 Å². The van der Waals surface area contributed by atoms with E-state index < -0.39 is 0 Å². The summed E-state index contributed by atoms with van der Waals surface area (Å²) < 4.78 is 4.86. The first kappa shape index (κ1) is 12.6. The zero-order chi connectivity index (χ0) is 13.1. The fourth-order valence-corrected chi connectivity index (χ4v) is 2.11. The summed E-state index contributed by atoms with van der Waals surface area (Å²) in [7, 11) is 1.44. The molecule has 0 radical (unpaired) electrons. The van der Waals surface area contributed by atoms with Gasteiger partial charge in [-0.3, -0.25) is 4.79 Å². The number of fused-ring (bicyclic) bond motifs is 1. The van der Waals surface area contributed by atoms with Gasteiger partial charge < -0.3 is 9.72 Å². The van der Waals surface area contributed by atoms with Crippen LogP contribution in [0.25, 0.3) is 11.0 Å². The molecule has 18 heavy (non-hydrogen) atoms. The number of esters is 1. The van der Waals surface area contributed by atoms with E-state index in [2.05, 4.69) is 9.97 Å². The number of carbonyl (C=O) groups is 1. The molecule has 1 aromatic heterocycles. The van der Waals surface area contributed by atoms with E-state index in [1.807, 2.05) is 32.0 Å². The van der Waals surface area contributed by atoms with Crippen LogP contribution in [-0.4, -0.2) is 23.0 Å². The van der Waals surface area contributed by atoms with Gasteiger partial charge in [-0.2, -0.15) is 0 Å². The lowest BCUT2D eigenvalue weighted by molar-refractivity contribution is -0.146. The van der Waals surface area contributed by atoms with Gasteiger partial charge in [-0.15, -0.1) is 0 Å². The van der Waals surface area contributed by atoms with E-state index in [9.17, 15) is 4.79 Å². The van der Waals surface area contributed by atoms with Crippen molar-refractivity contribution in [1.29, 1.82) is 0 Å². The van der Waals surface area contributed by atoms with E-state index >= 15 is 0 Å². The number of H-pyrrole nitrogens is 1. The first-order valence-corrected chi connectivity index (χ1v) is 6.11. The summed E-state index contributed by atoms with van der Waals surface area (Å²) in [6.45, 7) is 4.08. The molecule has 0 saturated carbocycles. The molecular weight excluding hydrogens is 228 g/mol. The summed E-state index contributed by atoms with van der Waals surface area (Å²) in [6.07, 6.45) is 2.37. The Morgan fingerprint density at radius 1 is 1.44 bits per heavy atom. The molecule has 96 valence electrons. The van der Waals surface area contributed by atoms with Gasteiger partial charge in [0.05, 0.1) is 30.4 Å². The summed E-state index contributed by atoms with van der Waals surface area (Å²) in [5, 5.41) is 0. The van der Waals surface area contributed by atoms with E-state index in [4.69, 9.17) is 4.74 Å². The van der Waals surface area contributed by atoms with E-state index in [1.54, 1.807) is 6.33 Å². The number of imidazole rings is 1. The summed E-state index contributed by atoms with van der Waals surface area (Å²) in [4.78, 5) is 19.0. The summed E-state index contributed by atoms with van der Waals surface area (Å²) in [5.41, 5.74) is 3.06. The molecule has 0 aliphatic rings. The Hall–Kier alpha value is -1.84. The number of rotatable bonds is 4. The molecule has 1 unspecified atom stereocenters. The minimum absolute atomic E-state index is 0.102. The highest BCUT2D eigenvalue weighted by Gasteiger charge is 2.23. The molecule has 2 rings (SSSR count). The third kappa shape index (κ3) is 2.53. The third-order valence-corrected chi connectivity index (χ3v) is 3.25. The Kier molecular flexibility index (Phi) is 3.65. The second-order valence-electron chi connectivity index (χ2n) is 4.83. The molecule has 1 heterocycles. The normalized spacial score (nSPS) is 12.9. The standard InChI is InChI=1S/C14H18N2O2/c1-9(2)11(14(17)18-3)6-10-4-5-12-13(7-10)16-8-15-12/h4-5,7-9,11H,6H2,1-3H3,(H,15,16). The van der Waals surface area contributed by atoms with Gasteiger partial charge in [0, 0.05) is 0 Å². The van der Waals surface area contributed by atoms with Crippen molar-refractivity contribution in [2.24, 2.45) is 11.8 Å². The Morgan fingerprint density at radius 3 is 2.89 bits per heavy atom. The van der Waals surface area contributed by atoms with Crippen LogP contribution < -0.4 is 0 Å². The SMILES string of the molecule is COC(=O)C(Cc1ccc2nc[nH]c2c1)C(C)C. The Labute approximate surface area is 106 Å². The molecule has 1 aromatic carbocycles. The van der Waals surface area contributed by atoms with Gasteiger partial charge >= 0.3 is 5.97 Å². The van der Waals surface area contributed by atoms with Crippen LogP contribution >= 0.6 is 0 Å². The molecule has 0 amide bonds. The maximum Gasteiger partial charge on any atom is 0.309 e. The number of carbonyl (C=O) groups excluding carboxylic acids is 1. The van der Waals surface area contributed by atoms with E-state index in [0.717, 1.165) is 16.6 Å². The smallest absolute Gasteiger partial charge is 0.309 e. The topological polar surface area (TPSA) is 55.0 Å². The van der Waals surface area contributed by atoms with Gasteiger partial charge in [0.25, 0.3) is 0 Å². The maximum atomic E-state index is 11.7. The van der Waals surface area contributed by atoms with Crippen molar-refractivity contribution in [3.8, 4) is 0 Å². The lowest BCUT2D eigenvalue weighted by Crippen LogP contribution is -2.23. The van der Waals surface area contributed by atoms with Crippen LogP contribution in [0.5, 0.6) is 0 Å². The number of aromatic amines is 1. The van der Waals surface area contributed by atoms with Crippen molar-refractivity contribution < 1.29 is 9.53 Å². The third-order valence-electron chi connectivity index (χ3n) is 3.25. The average molecular weight is 246 g/mol. The van der Waals surface area contributed by atoms with Gasteiger partial charge in [0.1, 0.15) is 0 Å². The number of hydrogen-bond donors (Lipinski definition) is 1. The first-order valence-electron chi connectivity index (χ1n) is 6.11. The molecular formula is C14H18N2O2. The molecule has 0 fully saturated rings. The first-order chi connectivity index (χ1) is 8.61. The van der Waals surface area contributed by atoms with Crippen LogP contribution in [-0.2, 0) is 16.0 Å². The molecule has 4 nitrogen and oxygen atoms in total. The highest BCUT2D eigenvalue weighted by atomic mass is 16.5. The summed E-state index contributed by atoms with van der Waals surface area (Å²) in [5.74, 6) is 0.0139. The largest absolute Gasteiger partial charge is 0.469 e. The quantitative estimate of drug-likeness (QED) is 0.843. The number of ether oxygens (including phenoxy) is 1. The molecule has 0 bridgehead atoms. The van der Waals surface area contributed by atoms with Crippen molar-refractivity contribution in [3.63, 3.8) is 0 Å². The lowest BCUT2D eigenvalue weighted by Gasteiger charge is -2.18. The molecule has 2 aromatic rings. The number of hydrogen-bond acceptors (Lipinski definition) is 3. The number of nitrogens with zero attached hydrogens (tertiary/aromatic N) is 1. The molecule has 4 heteroatoms. The second-order valence-corrected chi connectivity index (χ2v) is 4.83. The van der Waals surface area contributed by atoms with Crippen molar-refractivity contribution in [2.45, 2.75) is 20.3 Å². The van der Waals surface area contributed by atoms with Crippen LogP contribution in [0.3, 0.4) is 0 Å². The average Bonchev–Trinajstić information content (AvgIpc) is 2.82.